The number of thiazole rings is 1. The molecule has 1 saturated heterocycles. The van der Waals surface area contributed by atoms with E-state index in [0.29, 0.717) is 30.4 Å². The normalized spacial score (nSPS) is 18.0. The average Bonchev–Trinajstić information content (AvgIpc) is 4.39. The van der Waals surface area contributed by atoms with Crippen LogP contribution in [-0.4, -0.2) is 131 Å². The number of likely N-dealkylation sites (tertiary alicyclic amines) is 1. The van der Waals surface area contributed by atoms with Crippen molar-refractivity contribution >= 4 is 57.7 Å². The largest absolute Gasteiger partial charge is 0.413 e. The van der Waals surface area contributed by atoms with Crippen LogP contribution >= 0.6 is 11.3 Å². The zero-order chi connectivity index (χ0) is 57.5. The number of aliphatic hydroxyl groups excluding tert-OH is 1. The summed E-state index contributed by atoms with van der Waals surface area (Å²) in [6.07, 6.45) is 9.39. The molecule has 0 radical (unpaired) electrons. The van der Waals surface area contributed by atoms with Crippen LogP contribution in [0.4, 0.5) is 11.5 Å². The summed E-state index contributed by atoms with van der Waals surface area (Å²) in [7, 11) is 0. The summed E-state index contributed by atoms with van der Waals surface area (Å²) in [4.78, 5) is 70.3. The van der Waals surface area contributed by atoms with Crippen molar-refractivity contribution in [3.05, 3.63) is 118 Å². The van der Waals surface area contributed by atoms with Gasteiger partial charge in [-0.3, -0.25) is 23.6 Å². The number of pyridine rings is 1. The molecule has 19 nitrogen and oxygen atoms in total. The van der Waals surface area contributed by atoms with Gasteiger partial charge in [-0.25, -0.2) is 9.97 Å². The van der Waals surface area contributed by atoms with Gasteiger partial charge in [0.1, 0.15) is 29.9 Å². The summed E-state index contributed by atoms with van der Waals surface area (Å²) >= 11 is 1.61. The number of aliphatic hydroxyl groups is 1. The maximum absolute atomic E-state index is 14.1. The highest BCUT2D eigenvalue weighted by Gasteiger charge is 2.43. The van der Waals surface area contributed by atoms with E-state index in [4.69, 9.17) is 24.0 Å². The van der Waals surface area contributed by atoms with Crippen molar-refractivity contribution in [3.8, 4) is 10.4 Å². The van der Waals surface area contributed by atoms with Gasteiger partial charge in [0.25, 0.3) is 0 Å². The minimum absolute atomic E-state index is 0.0399. The first-order chi connectivity index (χ1) is 39.0. The van der Waals surface area contributed by atoms with Crippen molar-refractivity contribution in [2.75, 3.05) is 63.4 Å². The van der Waals surface area contributed by atoms with Gasteiger partial charge in [-0.15, -0.1) is 16.8 Å². The quantitative estimate of drug-likeness (QED) is 0.0239. The van der Waals surface area contributed by atoms with E-state index >= 15 is 0 Å². The number of carbonyl (C=O) groups is 4. The molecule has 7 N–H and O–H groups in total. The molecule has 0 bridgehead atoms. The van der Waals surface area contributed by atoms with Crippen molar-refractivity contribution < 1.29 is 43.3 Å². The molecule has 3 aliphatic rings. The van der Waals surface area contributed by atoms with Crippen LogP contribution in [0.15, 0.2) is 90.4 Å². The van der Waals surface area contributed by atoms with E-state index in [0.717, 1.165) is 87.0 Å². The molecule has 3 aromatic heterocycles. The lowest BCUT2D eigenvalue weighted by Gasteiger charge is -2.36. The fraction of sp³-hybridized carbons (Fsp3) is 0.508. The number of imidazole rings is 1. The maximum atomic E-state index is 14.1. The molecular formula is C61H82N10O9S. The molecule has 4 amide bonds. The van der Waals surface area contributed by atoms with Gasteiger partial charge in [0.05, 0.1) is 73.0 Å². The monoisotopic (exact) mass is 1130 g/mol. The molecule has 1 aliphatic carbocycles. The van der Waals surface area contributed by atoms with Crippen molar-refractivity contribution in [2.45, 2.75) is 143 Å². The van der Waals surface area contributed by atoms with Gasteiger partial charge in [0.15, 0.2) is 0 Å². The van der Waals surface area contributed by atoms with Crippen molar-refractivity contribution in [3.63, 3.8) is 0 Å². The first-order valence-corrected chi connectivity index (χ1v) is 29.4. The van der Waals surface area contributed by atoms with Crippen molar-refractivity contribution in [2.24, 2.45) is 5.41 Å². The number of amides is 4. The Kier molecular flexibility index (Phi) is 21.5. The third-order valence-electron chi connectivity index (χ3n) is 15.0. The molecule has 2 aromatic carbocycles. The number of hydroxylamine groups is 1. The molecule has 20 heteroatoms. The second-order valence-corrected chi connectivity index (χ2v) is 23.3. The lowest BCUT2D eigenvalue weighted by atomic mass is 9.85. The maximum Gasteiger partial charge on any atom is 0.246 e. The number of β-amino-alcohol motifs (C(OH)–C–C–N with tert-alkyl or cyclic N) is 1. The van der Waals surface area contributed by atoms with Crippen LogP contribution in [-0.2, 0) is 57.6 Å². The number of hydrogen-bond donors (Lipinski definition) is 7. The van der Waals surface area contributed by atoms with Crippen LogP contribution in [0, 0.1) is 12.3 Å². The summed E-state index contributed by atoms with van der Waals surface area (Å²) in [5.74, 6) is 0.690. The highest BCUT2D eigenvalue weighted by Crippen LogP contribution is 2.33. The number of anilines is 2. The van der Waals surface area contributed by atoms with E-state index in [1.165, 1.54) is 19.3 Å². The van der Waals surface area contributed by atoms with Crippen LogP contribution in [0.25, 0.3) is 21.7 Å². The first kappa shape index (κ1) is 60.4. The molecule has 81 heavy (non-hydrogen) atoms. The zero-order valence-electron chi connectivity index (χ0n) is 47.9. The van der Waals surface area contributed by atoms with Gasteiger partial charge in [0, 0.05) is 68.1 Å². The van der Waals surface area contributed by atoms with E-state index in [1.807, 2.05) is 76.5 Å². The average molecular weight is 1130 g/mol. The third kappa shape index (κ3) is 17.0. The zero-order valence-corrected chi connectivity index (χ0v) is 48.7. The third-order valence-corrected chi connectivity index (χ3v) is 16.0. The van der Waals surface area contributed by atoms with E-state index < -0.39 is 29.5 Å². The Morgan fingerprint density at radius 1 is 0.864 bits per heavy atom. The molecule has 1 unspecified atom stereocenters. The van der Waals surface area contributed by atoms with E-state index in [2.05, 4.69) is 85.4 Å². The predicted molar refractivity (Wildman–Crippen MR) is 315 cm³/mol. The van der Waals surface area contributed by atoms with Gasteiger partial charge in [-0.05, 0) is 98.4 Å². The van der Waals surface area contributed by atoms with Gasteiger partial charge in [0.2, 0.25) is 23.6 Å². The standard InChI is InChI=1S/C61H82N10O9S/c1-39(63-35-44-13-18-45(19-14-44)57-41(3)64-38-81-57)51-34-49(72)36-71(51)60(76)58(61(5,6)7)68-55(75)37-79-32-31-78-30-29-77-28-26-62-53(73)23-24-54(74)65-48-20-15-43(16-21-48)17-22-50-59(66-47-11-9-8-10-12-47)70-27-25-46(33-52(70)67-50)56-40(2)69-80-42(56)4/h13-16,18-21,25,27,33,38,40,47,49,51,58,63,66,69,72H,1,8-12,17,22-24,26,28-32,34-37H2,2-7H3,(H,62,73)(H,65,74)(H,68,75)/t40?,49-,51+,58-/m0/s1. The summed E-state index contributed by atoms with van der Waals surface area (Å²) in [5, 5.41) is 26.5. The molecule has 0 spiro atoms. The lowest BCUT2D eigenvalue weighted by molar-refractivity contribution is -0.141. The number of benzene rings is 2. The van der Waals surface area contributed by atoms with E-state index in [1.54, 1.807) is 16.2 Å². The second-order valence-electron chi connectivity index (χ2n) is 22.4. The number of allylic oxidation sites excluding steroid dienone is 1. The van der Waals surface area contributed by atoms with Crippen molar-refractivity contribution in [1.82, 2.24) is 40.7 Å². The SMILES string of the molecule is C=C(NCc1ccc(-c2scnc2C)cc1)[C@H]1C[C@H](O)CN1C(=O)[C@H](NC(=O)COCCOCCOCCNC(=O)CCC(=O)Nc1ccc(CCc2nc3cc(C4=C(C)ONC4C)ccn3c2NC2CCCCC2)cc1)C(C)(C)C. The number of nitrogens with one attached hydrogen (secondary N) is 6. The summed E-state index contributed by atoms with van der Waals surface area (Å²) < 4.78 is 18.9. The second kappa shape index (κ2) is 28.8. The fourth-order valence-electron chi connectivity index (χ4n) is 10.6. The molecule has 5 heterocycles. The van der Waals surface area contributed by atoms with Crippen molar-refractivity contribution in [1.29, 1.82) is 0 Å². The minimum atomic E-state index is -0.876. The molecule has 436 valence electrons. The predicted octanol–water partition coefficient (Wildman–Crippen LogP) is 7.63. The van der Waals surface area contributed by atoms with E-state index in [-0.39, 0.29) is 89.3 Å². The summed E-state index contributed by atoms with van der Waals surface area (Å²) in [6, 6.07) is 19.5. The molecule has 4 atom stereocenters. The Balaban J connectivity index is 0.666. The topological polar surface area (TPSA) is 231 Å². The first-order valence-electron chi connectivity index (χ1n) is 28.5. The molecular weight excluding hydrogens is 1050 g/mol. The Morgan fingerprint density at radius 2 is 1.57 bits per heavy atom. The van der Waals surface area contributed by atoms with Crippen LogP contribution in [0.3, 0.4) is 0 Å². The smallest absolute Gasteiger partial charge is 0.246 e. The van der Waals surface area contributed by atoms with Gasteiger partial charge in [-0.1, -0.05) is 83.0 Å². The Morgan fingerprint density at radius 3 is 2.26 bits per heavy atom. The number of fused-ring (bicyclic) bond motifs is 1. The fourth-order valence-corrected chi connectivity index (χ4v) is 11.4. The number of rotatable bonds is 28. The summed E-state index contributed by atoms with van der Waals surface area (Å²) in [5.41, 5.74) is 14.0. The van der Waals surface area contributed by atoms with Gasteiger partial charge >= 0.3 is 0 Å². The molecule has 5 aromatic rings. The number of ether oxygens (including phenoxy) is 3. The number of aromatic nitrogens is 3. The van der Waals surface area contributed by atoms with Crippen LogP contribution in [0.2, 0.25) is 0 Å². The Hall–Kier alpha value is -6.68. The van der Waals surface area contributed by atoms with Crippen LogP contribution in [0.5, 0.6) is 0 Å². The van der Waals surface area contributed by atoms with E-state index in [9.17, 15) is 24.3 Å². The van der Waals surface area contributed by atoms with Crippen LogP contribution < -0.4 is 32.1 Å². The highest BCUT2D eigenvalue weighted by atomic mass is 32.1. The molecule has 8 rings (SSSR count). The summed E-state index contributed by atoms with van der Waals surface area (Å²) in [6.45, 7) is 17.8. The molecule has 2 fully saturated rings. The Labute approximate surface area is 480 Å². The number of nitrogens with zero attached hydrogens (tertiary/aromatic N) is 4. The number of hydrogen-bond acceptors (Lipinski definition) is 15. The van der Waals surface area contributed by atoms with Gasteiger partial charge < -0.3 is 55.6 Å². The highest BCUT2D eigenvalue weighted by molar-refractivity contribution is 7.13. The Bertz CT molecular complexity index is 2960. The number of carbonyl (C=O) groups excluding carboxylic acids is 4. The lowest BCUT2D eigenvalue weighted by Crippen LogP contribution is -2.57. The minimum Gasteiger partial charge on any atom is -0.413 e. The molecule has 2 aliphatic heterocycles. The van der Waals surface area contributed by atoms with Gasteiger partial charge in [-0.2, -0.15) is 0 Å². The number of aryl methyl sites for hydroxylation is 3. The van der Waals surface area contributed by atoms with Crippen LogP contribution in [0.1, 0.15) is 114 Å². The molecule has 1 saturated carbocycles.